The third kappa shape index (κ3) is 2.88. The lowest BCUT2D eigenvalue weighted by Gasteiger charge is -2.06. The number of halogens is 1. The number of aryl methyl sites for hydroxylation is 1. The molecule has 0 N–H and O–H groups in total. The van der Waals surface area contributed by atoms with Gasteiger partial charge < -0.3 is 14.2 Å². The molecule has 0 bridgehead atoms. The first-order chi connectivity index (χ1) is 10.2. The smallest absolute Gasteiger partial charge is 0.231 e. The van der Waals surface area contributed by atoms with E-state index in [1.165, 1.54) is 0 Å². The summed E-state index contributed by atoms with van der Waals surface area (Å²) in [7, 11) is 1.62. The van der Waals surface area contributed by atoms with E-state index in [2.05, 4.69) is 20.9 Å². The zero-order valence-corrected chi connectivity index (χ0v) is 13.3. The Bertz CT molecular complexity index is 713. The van der Waals surface area contributed by atoms with E-state index in [4.69, 9.17) is 14.2 Å². The molecule has 0 unspecified atom stereocenters. The van der Waals surface area contributed by atoms with Crippen LogP contribution in [0.5, 0.6) is 17.2 Å². The van der Waals surface area contributed by atoms with Crippen LogP contribution >= 0.6 is 15.9 Å². The summed E-state index contributed by atoms with van der Waals surface area (Å²) in [5, 5.41) is 0. The first kappa shape index (κ1) is 13.9. The third-order valence-corrected chi connectivity index (χ3v) is 3.72. The molecule has 1 heterocycles. The van der Waals surface area contributed by atoms with Gasteiger partial charge >= 0.3 is 0 Å². The van der Waals surface area contributed by atoms with Gasteiger partial charge in [-0.1, -0.05) is 15.9 Å². The second kappa shape index (κ2) is 5.77. The maximum Gasteiger partial charge on any atom is 0.231 e. The summed E-state index contributed by atoms with van der Waals surface area (Å²) in [6.07, 6.45) is 1.77. The van der Waals surface area contributed by atoms with Gasteiger partial charge in [0.2, 0.25) is 6.79 Å². The summed E-state index contributed by atoms with van der Waals surface area (Å²) in [5.74, 6) is 2.12. The largest absolute Gasteiger partial charge is 0.496 e. The number of ether oxygens (including phenoxy) is 3. The number of aliphatic imine (C=N–C) groups is 1. The monoisotopic (exact) mass is 347 g/mol. The van der Waals surface area contributed by atoms with E-state index in [1.807, 2.05) is 37.3 Å². The van der Waals surface area contributed by atoms with Crippen LogP contribution in [0.4, 0.5) is 5.69 Å². The Kier molecular flexibility index (Phi) is 3.84. The van der Waals surface area contributed by atoms with Crippen LogP contribution in [0.2, 0.25) is 0 Å². The maximum atomic E-state index is 5.38. The molecule has 5 heteroatoms. The third-order valence-electron chi connectivity index (χ3n) is 3.23. The van der Waals surface area contributed by atoms with Crippen LogP contribution < -0.4 is 14.2 Å². The first-order valence-electron chi connectivity index (χ1n) is 6.45. The lowest BCUT2D eigenvalue weighted by Crippen LogP contribution is -1.92. The van der Waals surface area contributed by atoms with Gasteiger partial charge in [0.1, 0.15) is 5.75 Å². The highest BCUT2D eigenvalue weighted by atomic mass is 79.9. The van der Waals surface area contributed by atoms with E-state index in [0.717, 1.165) is 21.3 Å². The number of nitrogens with zero attached hydrogens (tertiary/aromatic N) is 1. The highest BCUT2D eigenvalue weighted by Gasteiger charge is 2.16. The number of rotatable bonds is 3. The van der Waals surface area contributed by atoms with E-state index in [9.17, 15) is 0 Å². The summed E-state index contributed by atoms with van der Waals surface area (Å²) in [6.45, 7) is 2.26. The molecule has 0 saturated heterocycles. The van der Waals surface area contributed by atoms with Crippen LogP contribution in [-0.4, -0.2) is 20.1 Å². The van der Waals surface area contributed by atoms with Gasteiger partial charge in [0.25, 0.3) is 0 Å². The fraction of sp³-hybridized carbons (Fsp3) is 0.188. The van der Waals surface area contributed by atoms with Gasteiger partial charge in [-0.25, -0.2) is 0 Å². The van der Waals surface area contributed by atoms with Crippen molar-refractivity contribution in [2.24, 2.45) is 4.99 Å². The first-order valence-corrected chi connectivity index (χ1v) is 7.24. The molecular formula is C16H14BrNO3. The van der Waals surface area contributed by atoms with Crippen LogP contribution in [0, 0.1) is 6.92 Å². The SMILES string of the molecule is COc1cc2c(cc1C=Nc1ccc(Br)cc1C)OCO2. The second-order valence-corrected chi connectivity index (χ2v) is 5.55. The molecular weight excluding hydrogens is 334 g/mol. The average molecular weight is 348 g/mol. The van der Waals surface area contributed by atoms with Gasteiger partial charge in [0, 0.05) is 22.3 Å². The van der Waals surface area contributed by atoms with E-state index < -0.39 is 0 Å². The molecule has 2 aromatic rings. The zero-order valence-electron chi connectivity index (χ0n) is 11.7. The summed E-state index contributed by atoms with van der Waals surface area (Å²) in [5.41, 5.74) is 2.86. The minimum Gasteiger partial charge on any atom is -0.496 e. The molecule has 108 valence electrons. The van der Waals surface area contributed by atoms with Crippen molar-refractivity contribution in [3.8, 4) is 17.2 Å². The quantitative estimate of drug-likeness (QED) is 0.779. The molecule has 0 radical (unpaired) electrons. The lowest BCUT2D eigenvalue weighted by atomic mass is 10.1. The second-order valence-electron chi connectivity index (χ2n) is 4.64. The van der Waals surface area contributed by atoms with Crippen molar-refractivity contribution in [1.29, 1.82) is 0 Å². The van der Waals surface area contributed by atoms with Crippen LogP contribution in [0.15, 0.2) is 39.8 Å². The Morgan fingerprint density at radius 3 is 2.67 bits per heavy atom. The van der Waals surface area contributed by atoms with E-state index in [-0.39, 0.29) is 6.79 Å². The van der Waals surface area contributed by atoms with E-state index in [1.54, 1.807) is 13.3 Å². The summed E-state index contributed by atoms with van der Waals surface area (Å²) in [4.78, 5) is 4.53. The Labute approximate surface area is 131 Å². The molecule has 1 aliphatic rings. The van der Waals surface area contributed by atoms with Crippen LogP contribution in [0.3, 0.4) is 0 Å². The van der Waals surface area contributed by atoms with Crippen molar-refractivity contribution in [3.63, 3.8) is 0 Å². The molecule has 1 aliphatic heterocycles. The number of benzene rings is 2. The molecule has 21 heavy (non-hydrogen) atoms. The lowest BCUT2D eigenvalue weighted by molar-refractivity contribution is 0.174. The predicted molar refractivity (Wildman–Crippen MR) is 85.3 cm³/mol. The highest BCUT2D eigenvalue weighted by Crippen LogP contribution is 2.37. The summed E-state index contributed by atoms with van der Waals surface area (Å²) in [6, 6.07) is 9.66. The van der Waals surface area contributed by atoms with Gasteiger partial charge in [0.15, 0.2) is 11.5 Å². The number of hydrogen-bond acceptors (Lipinski definition) is 4. The van der Waals surface area contributed by atoms with E-state index >= 15 is 0 Å². The Morgan fingerprint density at radius 2 is 1.95 bits per heavy atom. The number of fused-ring (bicyclic) bond motifs is 1. The molecule has 0 saturated carbocycles. The van der Waals surface area contributed by atoms with Crippen molar-refractivity contribution in [2.45, 2.75) is 6.92 Å². The van der Waals surface area contributed by atoms with Crippen molar-refractivity contribution in [1.82, 2.24) is 0 Å². The van der Waals surface area contributed by atoms with Gasteiger partial charge in [-0.05, 0) is 36.8 Å². The highest BCUT2D eigenvalue weighted by molar-refractivity contribution is 9.10. The van der Waals surface area contributed by atoms with E-state index in [0.29, 0.717) is 17.2 Å². The fourth-order valence-corrected chi connectivity index (χ4v) is 2.60. The van der Waals surface area contributed by atoms with Gasteiger partial charge in [-0.3, -0.25) is 4.99 Å². The van der Waals surface area contributed by atoms with Crippen molar-refractivity contribution >= 4 is 27.8 Å². The zero-order chi connectivity index (χ0) is 14.8. The molecule has 2 aromatic carbocycles. The van der Waals surface area contributed by atoms with Gasteiger partial charge in [0.05, 0.1) is 12.8 Å². The number of hydrogen-bond donors (Lipinski definition) is 0. The molecule has 0 aliphatic carbocycles. The Hall–Kier alpha value is -2.01. The standard InChI is InChI=1S/C16H14BrNO3/c1-10-5-12(17)3-4-13(10)18-8-11-6-15-16(21-9-20-15)7-14(11)19-2/h3-8H,9H2,1-2H3. The summed E-state index contributed by atoms with van der Waals surface area (Å²) >= 11 is 3.45. The molecule has 0 amide bonds. The molecule has 4 nitrogen and oxygen atoms in total. The van der Waals surface area contributed by atoms with Crippen LogP contribution in [-0.2, 0) is 0 Å². The van der Waals surface area contributed by atoms with Gasteiger partial charge in [-0.2, -0.15) is 0 Å². The van der Waals surface area contributed by atoms with Crippen molar-refractivity contribution < 1.29 is 14.2 Å². The molecule has 0 aromatic heterocycles. The minimum absolute atomic E-state index is 0.241. The van der Waals surface area contributed by atoms with Crippen molar-refractivity contribution in [2.75, 3.05) is 13.9 Å². The van der Waals surface area contributed by atoms with Gasteiger partial charge in [-0.15, -0.1) is 0 Å². The van der Waals surface area contributed by atoms with Crippen LogP contribution in [0.1, 0.15) is 11.1 Å². The normalized spacial score (nSPS) is 12.9. The number of methoxy groups -OCH3 is 1. The molecule has 0 spiro atoms. The Morgan fingerprint density at radius 1 is 1.19 bits per heavy atom. The van der Waals surface area contributed by atoms with Crippen molar-refractivity contribution in [3.05, 3.63) is 45.9 Å². The maximum absolute atomic E-state index is 5.38. The topological polar surface area (TPSA) is 40.0 Å². The van der Waals surface area contributed by atoms with Crippen LogP contribution in [0.25, 0.3) is 0 Å². The average Bonchev–Trinajstić information content (AvgIpc) is 2.92. The molecule has 3 rings (SSSR count). The minimum atomic E-state index is 0.241. The molecule has 0 fully saturated rings. The Balaban J connectivity index is 1.95. The summed E-state index contributed by atoms with van der Waals surface area (Å²) < 4.78 is 17.1. The fourth-order valence-electron chi connectivity index (χ4n) is 2.12. The molecule has 0 atom stereocenters. The predicted octanol–water partition coefficient (Wildman–Crippen LogP) is 4.25.